The van der Waals surface area contributed by atoms with E-state index >= 15 is 0 Å². The third-order valence-corrected chi connectivity index (χ3v) is 13.8. The number of fused-ring (bicyclic) bond motifs is 8. The second-order valence-corrected chi connectivity index (χ2v) is 17.6. The largest absolute Gasteiger partial charge is 0.309 e. The maximum atomic E-state index is 2.47. The lowest BCUT2D eigenvalue weighted by Crippen LogP contribution is -2.13. The third-order valence-electron chi connectivity index (χ3n) is 13.8. The van der Waals surface area contributed by atoms with E-state index in [9.17, 15) is 0 Å². The number of hydrogen-bond acceptors (Lipinski definition) is 1. The monoisotopic (exact) mass is 864 g/mol. The maximum absolute atomic E-state index is 2.47. The first kappa shape index (κ1) is 39.4. The van der Waals surface area contributed by atoms with Crippen LogP contribution in [0.15, 0.2) is 267 Å². The van der Waals surface area contributed by atoms with Crippen LogP contribution < -0.4 is 4.90 Å². The summed E-state index contributed by atoms with van der Waals surface area (Å²) in [4.78, 5) is 2.47. The Bertz CT molecular complexity index is 3960. The van der Waals surface area contributed by atoms with Gasteiger partial charge < -0.3 is 9.47 Å². The van der Waals surface area contributed by atoms with Crippen molar-refractivity contribution < 1.29 is 0 Å². The molecule has 0 fully saturated rings. The smallest absolute Gasteiger partial charge is 0.0541 e. The van der Waals surface area contributed by atoms with Crippen LogP contribution in [0.2, 0.25) is 0 Å². The average Bonchev–Trinajstić information content (AvgIpc) is 3.76. The molecule has 0 aliphatic heterocycles. The molecule has 1 heterocycles. The summed E-state index contributed by atoms with van der Waals surface area (Å²) in [5.41, 5.74) is 16.1. The summed E-state index contributed by atoms with van der Waals surface area (Å²) < 4.78 is 2.44. The topological polar surface area (TPSA) is 8.17 Å². The molecule has 13 aromatic rings. The van der Waals surface area contributed by atoms with Gasteiger partial charge in [0.15, 0.2) is 0 Å². The van der Waals surface area contributed by atoms with Crippen molar-refractivity contribution in [3.05, 3.63) is 267 Å². The number of nitrogens with zero attached hydrogens (tertiary/aromatic N) is 2. The van der Waals surface area contributed by atoms with Crippen LogP contribution in [-0.2, 0) is 0 Å². The Morgan fingerprint density at radius 1 is 0.250 bits per heavy atom. The van der Waals surface area contributed by atoms with Gasteiger partial charge in [0, 0.05) is 33.2 Å². The van der Waals surface area contributed by atoms with Crippen molar-refractivity contribution in [1.82, 2.24) is 4.57 Å². The predicted molar refractivity (Wildman–Crippen MR) is 290 cm³/mol. The van der Waals surface area contributed by atoms with Crippen LogP contribution in [0.25, 0.3) is 104 Å². The lowest BCUT2D eigenvalue weighted by molar-refractivity contribution is 1.18. The number of hydrogen-bond donors (Lipinski definition) is 0. The van der Waals surface area contributed by atoms with Gasteiger partial charge in [-0.05, 0) is 109 Å². The number of anilines is 3. The number of benzene rings is 12. The highest BCUT2D eigenvalue weighted by atomic mass is 15.1. The lowest BCUT2D eigenvalue weighted by Gasteiger charge is -2.30. The summed E-state index contributed by atoms with van der Waals surface area (Å²) in [5.74, 6) is 0. The first-order valence-electron chi connectivity index (χ1n) is 23.4. The number of para-hydroxylation sites is 5. The fourth-order valence-corrected chi connectivity index (χ4v) is 10.7. The fraction of sp³-hybridized carbons (Fsp3) is 0. The Morgan fingerprint density at radius 3 is 1.44 bits per heavy atom. The van der Waals surface area contributed by atoms with Crippen molar-refractivity contribution in [2.45, 2.75) is 0 Å². The van der Waals surface area contributed by atoms with Crippen molar-refractivity contribution in [2.24, 2.45) is 0 Å². The molecule has 0 unspecified atom stereocenters. The van der Waals surface area contributed by atoms with Crippen LogP contribution in [0.1, 0.15) is 0 Å². The molecule has 0 bridgehead atoms. The Labute approximate surface area is 395 Å². The second-order valence-electron chi connectivity index (χ2n) is 17.6. The zero-order chi connectivity index (χ0) is 45.0. The normalized spacial score (nSPS) is 11.5. The lowest BCUT2D eigenvalue weighted by atomic mass is 9.91. The van der Waals surface area contributed by atoms with Crippen LogP contribution in [0, 0.1) is 0 Å². The molecular weight excluding hydrogens is 821 g/mol. The van der Waals surface area contributed by atoms with Gasteiger partial charge in [0.05, 0.1) is 28.1 Å². The van der Waals surface area contributed by atoms with E-state index in [1.54, 1.807) is 0 Å². The molecule has 0 N–H and O–H groups in total. The molecule has 2 heteroatoms. The highest BCUT2D eigenvalue weighted by Crippen LogP contribution is 2.47. The van der Waals surface area contributed by atoms with Crippen LogP contribution >= 0.6 is 0 Å². The van der Waals surface area contributed by atoms with Gasteiger partial charge in [-0.3, -0.25) is 0 Å². The van der Waals surface area contributed by atoms with Gasteiger partial charge in [0.1, 0.15) is 0 Å². The summed E-state index contributed by atoms with van der Waals surface area (Å²) in [5, 5.41) is 10.1. The molecule has 68 heavy (non-hydrogen) atoms. The maximum Gasteiger partial charge on any atom is 0.0541 e. The molecule has 0 saturated heterocycles. The highest BCUT2D eigenvalue weighted by Gasteiger charge is 2.23. The summed E-state index contributed by atoms with van der Waals surface area (Å²) in [6.45, 7) is 0. The van der Waals surface area contributed by atoms with Gasteiger partial charge in [-0.15, -0.1) is 0 Å². The standard InChI is InChI=1S/C66H44N2/c1-2-18-45(19-3-1)46-34-36-48(37-35-46)52-22-8-13-29-62(52)67(50-41-38-49(39-42-50)60-44-61-51-21-5-4-20-47(51)40-43-55(61)53-23-6-7-24-54(53)60)63-30-14-9-25-56(63)57-26-10-15-31-64(57)68-65-32-16-11-27-58(65)59-28-12-17-33-66(59)68/h1-44H. The molecule has 0 aliphatic rings. The number of rotatable bonds is 8. The fourth-order valence-electron chi connectivity index (χ4n) is 10.7. The van der Waals surface area contributed by atoms with Crippen molar-refractivity contribution in [2.75, 3.05) is 4.90 Å². The van der Waals surface area contributed by atoms with Crippen molar-refractivity contribution in [3.8, 4) is 50.2 Å². The molecule has 0 saturated carbocycles. The van der Waals surface area contributed by atoms with Gasteiger partial charge in [-0.1, -0.05) is 218 Å². The van der Waals surface area contributed by atoms with Crippen molar-refractivity contribution >= 4 is 71.2 Å². The summed E-state index contributed by atoms with van der Waals surface area (Å²) in [6, 6.07) is 97.6. The molecule has 318 valence electrons. The summed E-state index contributed by atoms with van der Waals surface area (Å²) >= 11 is 0. The van der Waals surface area contributed by atoms with Crippen LogP contribution in [0.5, 0.6) is 0 Å². The van der Waals surface area contributed by atoms with Crippen LogP contribution in [0.3, 0.4) is 0 Å². The highest BCUT2D eigenvalue weighted by molar-refractivity contribution is 6.21. The van der Waals surface area contributed by atoms with Crippen molar-refractivity contribution in [3.63, 3.8) is 0 Å². The minimum absolute atomic E-state index is 1.07. The van der Waals surface area contributed by atoms with Crippen LogP contribution in [0.4, 0.5) is 17.1 Å². The zero-order valence-electron chi connectivity index (χ0n) is 37.3. The Morgan fingerprint density at radius 2 is 0.721 bits per heavy atom. The Hall–Kier alpha value is -8.98. The molecular formula is C66H44N2. The first-order chi connectivity index (χ1) is 33.8. The zero-order valence-corrected chi connectivity index (χ0v) is 37.3. The van der Waals surface area contributed by atoms with E-state index in [-0.39, 0.29) is 0 Å². The van der Waals surface area contributed by atoms with Gasteiger partial charge in [-0.25, -0.2) is 0 Å². The minimum atomic E-state index is 1.07. The predicted octanol–water partition coefficient (Wildman–Crippen LogP) is 18.4. The molecule has 0 radical (unpaired) electrons. The summed E-state index contributed by atoms with van der Waals surface area (Å²) in [7, 11) is 0. The molecule has 0 aliphatic carbocycles. The Kier molecular flexibility index (Phi) is 9.54. The molecule has 2 nitrogen and oxygen atoms in total. The quantitative estimate of drug-likeness (QED) is 0.138. The second kappa shape index (κ2) is 16.5. The molecule has 13 rings (SSSR count). The van der Waals surface area contributed by atoms with E-state index in [2.05, 4.69) is 276 Å². The van der Waals surface area contributed by atoms with E-state index in [1.807, 2.05) is 0 Å². The van der Waals surface area contributed by atoms with E-state index in [0.717, 1.165) is 45.0 Å². The number of aromatic nitrogens is 1. The molecule has 0 spiro atoms. The molecule has 0 amide bonds. The Balaban J connectivity index is 1.02. The minimum Gasteiger partial charge on any atom is -0.309 e. The van der Waals surface area contributed by atoms with E-state index in [0.29, 0.717) is 0 Å². The van der Waals surface area contributed by atoms with Crippen molar-refractivity contribution in [1.29, 1.82) is 0 Å². The van der Waals surface area contributed by atoms with E-state index in [4.69, 9.17) is 0 Å². The molecule has 12 aromatic carbocycles. The SMILES string of the molecule is c1ccc(-c2ccc(-c3ccccc3N(c3ccc(-c4cc5c6ccccc6ccc5c5ccccc45)cc3)c3ccccc3-c3ccccc3-n3c4ccccc4c4ccccc43)cc2)cc1. The van der Waals surface area contributed by atoms with Gasteiger partial charge in [0.25, 0.3) is 0 Å². The third kappa shape index (κ3) is 6.57. The first-order valence-corrected chi connectivity index (χ1v) is 23.4. The van der Waals surface area contributed by atoms with E-state index < -0.39 is 0 Å². The van der Waals surface area contributed by atoms with Gasteiger partial charge in [0.2, 0.25) is 0 Å². The van der Waals surface area contributed by atoms with Crippen LogP contribution in [-0.4, -0.2) is 4.57 Å². The van der Waals surface area contributed by atoms with E-state index in [1.165, 1.54) is 76.4 Å². The summed E-state index contributed by atoms with van der Waals surface area (Å²) in [6.07, 6.45) is 0. The van der Waals surface area contributed by atoms with Gasteiger partial charge in [-0.2, -0.15) is 0 Å². The average molecular weight is 865 g/mol. The molecule has 1 aromatic heterocycles. The van der Waals surface area contributed by atoms with Gasteiger partial charge >= 0.3 is 0 Å². The molecule has 0 atom stereocenters.